The van der Waals surface area contributed by atoms with Crippen LogP contribution in [-0.2, 0) is 24.2 Å². The lowest BCUT2D eigenvalue weighted by Crippen LogP contribution is -1.94. The highest BCUT2D eigenvalue weighted by Crippen LogP contribution is 2.26. The number of thiazole rings is 1. The molecule has 0 saturated heterocycles. The van der Waals surface area contributed by atoms with E-state index in [1.807, 2.05) is 0 Å². The second-order valence-electron chi connectivity index (χ2n) is 5.06. The summed E-state index contributed by atoms with van der Waals surface area (Å²) < 4.78 is 5.18. The van der Waals surface area contributed by atoms with Crippen molar-refractivity contribution in [2.24, 2.45) is 0 Å². The number of nitriles is 1. The quantitative estimate of drug-likeness (QED) is 0.713. The highest BCUT2D eigenvalue weighted by atomic mass is 32.1. The fraction of sp³-hybridized carbons (Fsp3) is 0.222. The molecule has 0 radical (unpaired) electrons. The second-order valence-corrected chi connectivity index (χ2v) is 6.23. The number of hydrogen-bond donors (Lipinski definition) is 0. The van der Waals surface area contributed by atoms with E-state index in [9.17, 15) is 0 Å². The van der Waals surface area contributed by atoms with Gasteiger partial charge in [-0.1, -0.05) is 42.5 Å². The molecule has 2 aromatic carbocycles. The van der Waals surface area contributed by atoms with Gasteiger partial charge in [0.25, 0.3) is 0 Å². The van der Waals surface area contributed by atoms with E-state index in [1.54, 1.807) is 18.4 Å². The van der Waals surface area contributed by atoms with Gasteiger partial charge in [0.2, 0.25) is 0 Å². The van der Waals surface area contributed by atoms with Crippen molar-refractivity contribution in [3.63, 3.8) is 0 Å². The summed E-state index contributed by atoms with van der Waals surface area (Å²) in [5.74, 6) is 0. The molecular formula is C18H16N2OS. The van der Waals surface area contributed by atoms with Crippen molar-refractivity contribution in [3.8, 4) is 6.07 Å². The molecule has 0 atom stereocenters. The summed E-state index contributed by atoms with van der Waals surface area (Å²) >= 11 is 1.61. The Morgan fingerprint density at radius 1 is 1.18 bits per heavy atom. The predicted octanol–water partition coefficient (Wildman–Crippen LogP) is 4.10. The van der Waals surface area contributed by atoms with Crippen molar-refractivity contribution in [1.82, 2.24) is 4.98 Å². The standard InChI is InChI=1S/C18H16N2OS/c1-21-12-16-17(9-10-19)22-18(20-16)11-14-7-4-6-13-5-2-3-8-15(13)14/h2-8H,9,11-12H2,1H3. The SMILES string of the molecule is COCc1nc(Cc2cccc3ccccc23)sc1CC#N. The fourth-order valence-electron chi connectivity index (χ4n) is 2.58. The number of methoxy groups -OCH3 is 1. The van der Waals surface area contributed by atoms with Crippen LogP contribution >= 0.6 is 11.3 Å². The Morgan fingerprint density at radius 2 is 2.00 bits per heavy atom. The number of ether oxygens (including phenoxy) is 1. The molecule has 0 aliphatic heterocycles. The molecule has 1 heterocycles. The van der Waals surface area contributed by atoms with Crippen molar-refractivity contribution in [2.75, 3.05) is 7.11 Å². The van der Waals surface area contributed by atoms with Crippen LogP contribution in [0.15, 0.2) is 42.5 Å². The summed E-state index contributed by atoms with van der Waals surface area (Å²) in [5.41, 5.74) is 2.16. The minimum Gasteiger partial charge on any atom is -0.378 e. The first kappa shape index (κ1) is 14.7. The normalized spacial score (nSPS) is 10.7. The van der Waals surface area contributed by atoms with E-state index in [4.69, 9.17) is 10.00 Å². The molecule has 0 fully saturated rings. The van der Waals surface area contributed by atoms with Crippen LogP contribution in [0.3, 0.4) is 0 Å². The highest BCUT2D eigenvalue weighted by molar-refractivity contribution is 7.11. The van der Waals surface area contributed by atoms with Crippen LogP contribution in [0.25, 0.3) is 10.8 Å². The fourth-order valence-corrected chi connectivity index (χ4v) is 3.61. The molecule has 0 unspecified atom stereocenters. The van der Waals surface area contributed by atoms with Crippen molar-refractivity contribution < 1.29 is 4.74 Å². The molecule has 0 saturated carbocycles. The molecule has 0 amide bonds. The van der Waals surface area contributed by atoms with E-state index in [-0.39, 0.29) is 0 Å². The van der Waals surface area contributed by atoms with Gasteiger partial charge in [-0.2, -0.15) is 5.26 Å². The molecular weight excluding hydrogens is 292 g/mol. The Labute approximate surface area is 133 Å². The molecule has 0 bridgehead atoms. The molecule has 0 spiro atoms. The first-order valence-electron chi connectivity index (χ1n) is 7.12. The Hall–Kier alpha value is -2.22. The van der Waals surface area contributed by atoms with Crippen molar-refractivity contribution >= 4 is 22.1 Å². The summed E-state index contributed by atoms with van der Waals surface area (Å²) in [5, 5.41) is 12.5. The molecule has 1 aromatic heterocycles. The summed E-state index contributed by atoms with van der Waals surface area (Å²) in [6, 6.07) is 16.9. The van der Waals surface area contributed by atoms with Crippen molar-refractivity contribution in [1.29, 1.82) is 5.26 Å². The average Bonchev–Trinajstić information content (AvgIpc) is 2.90. The number of aromatic nitrogens is 1. The number of fused-ring (bicyclic) bond motifs is 1. The van der Waals surface area contributed by atoms with Crippen LogP contribution in [0.1, 0.15) is 21.1 Å². The Bertz CT molecular complexity index is 827. The van der Waals surface area contributed by atoms with E-state index >= 15 is 0 Å². The molecule has 0 aliphatic rings. The number of hydrogen-bond acceptors (Lipinski definition) is 4. The third-order valence-electron chi connectivity index (χ3n) is 3.56. The van der Waals surface area contributed by atoms with Gasteiger partial charge < -0.3 is 4.74 Å². The Kier molecular flexibility index (Phi) is 4.47. The van der Waals surface area contributed by atoms with Gasteiger partial charge in [0.05, 0.1) is 29.8 Å². The lowest BCUT2D eigenvalue weighted by Gasteiger charge is -2.04. The molecule has 110 valence electrons. The second kappa shape index (κ2) is 6.69. The zero-order chi connectivity index (χ0) is 15.4. The minimum absolute atomic E-state index is 0.395. The summed E-state index contributed by atoms with van der Waals surface area (Å²) in [6.07, 6.45) is 1.18. The molecule has 4 heteroatoms. The van der Waals surface area contributed by atoms with Gasteiger partial charge in [-0.05, 0) is 16.3 Å². The smallest absolute Gasteiger partial charge is 0.0976 e. The van der Waals surface area contributed by atoms with Gasteiger partial charge in [0.1, 0.15) is 0 Å². The van der Waals surface area contributed by atoms with Gasteiger partial charge >= 0.3 is 0 Å². The van der Waals surface area contributed by atoms with Crippen LogP contribution in [-0.4, -0.2) is 12.1 Å². The van der Waals surface area contributed by atoms with Crippen molar-refractivity contribution in [2.45, 2.75) is 19.4 Å². The summed E-state index contributed by atoms with van der Waals surface area (Å²) in [4.78, 5) is 5.68. The van der Waals surface area contributed by atoms with Gasteiger partial charge in [-0.3, -0.25) is 0 Å². The molecule has 3 rings (SSSR count). The molecule has 22 heavy (non-hydrogen) atoms. The van der Waals surface area contributed by atoms with E-state index in [0.717, 1.165) is 22.0 Å². The van der Waals surface area contributed by atoms with E-state index < -0.39 is 0 Å². The van der Waals surface area contributed by atoms with Gasteiger partial charge in [-0.25, -0.2) is 4.98 Å². The van der Waals surface area contributed by atoms with Crippen LogP contribution in [0.2, 0.25) is 0 Å². The van der Waals surface area contributed by atoms with E-state index in [0.29, 0.717) is 13.0 Å². The highest BCUT2D eigenvalue weighted by Gasteiger charge is 2.12. The predicted molar refractivity (Wildman–Crippen MR) is 88.9 cm³/mol. The number of benzene rings is 2. The lowest BCUT2D eigenvalue weighted by atomic mass is 10.0. The monoisotopic (exact) mass is 308 g/mol. The third kappa shape index (κ3) is 3.01. The largest absolute Gasteiger partial charge is 0.378 e. The maximum atomic E-state index is 8.94. The first-order chi connectivity index (χ1) is 10.8. The maximum Gasteiger partial charge on any atom is 0.0976 e. The first-order valence-corrected chi connectivity index (χ1v) is 7.93. The molecule has 0 N–H and O–H groups in total. The number of rotatable bonds is 5. The lowest BCUT2D eigenvalue weighted by molar-refractivity contribution is 0.181. The number of nitrogens with zero attached hydrogens (tertiary/aromatic N) is 2. The van der Waals surface area contributed by atoms with Crippen LogP contribution in [0.5, 0.6) is 0 Å². The molecule has 0 aliphatic carbocycles. The van der Waals surface area contributed by atoms with Crippen LogP contribution < -0.4 is 0 Å². The van der Waals surface area contributed by atoms with E-state index in [1.165, 1.54) is 16.3 Å². The van der Waals surface area contributed by atoms with Crippen LogP contribution in [0, 0.1) is 11.3 Å². The maximum absolute atomic E-state index is 8.94. The minimum atomic E-state index is 0.395. The topological polar surface area (TPSA) is 45.9 Å². The zero-order valence-corrected chi connectivity index (χ0v) is 13.2. The van der Waals surface area contributed by atoms with Gasteiger partial charge in [0, 0.05) is 18.4 Å². The Balaban J connectivity index is 1.95. The molecule has 3 nitrogen and oxygen atoms in total. The van der Waals surface area contributed by atoms with Crippen molar-refractivity contribution in [3.05, 3.63) is 63.6 Å². The zero-order valence-electron chi connectivity index (χ0n) is 12.4. The Morgan fingerprint density at radius 3 is 2.82 bits per heavy atom. The van der Waals surface area contributed by atoms with Crippen LogP contribution in [0.4, 0.5) is 0 Å². The summed E-state index contributed by atoms with van der Waals surface area (Å²) in [6.45, 7) is 0.461. The van der Waals surface area contributed by atoms with Gasteiger partial charge in [0.15, 0.2) is 0 Å². The third-order valence-corrected chi connectivity index (χ3v) is 4.66. The summed E-state index contributed by atoms with van der Waals surface area (Å²) in [7, 11) is 1.65. The molecule has 3 aromatic rings. The van der Waals surface area contributed by atoms with Gasteiger partial charge in [-0.15, -0.1) is 11.3 Å². The average molecular weight is 308 g/mol. The van der Waals surface area contributed by atoms with E-state index in [2.05, 4.69) is 53.5 Å².